The molecule has 2 aromatic rings. The van der Waals surface area contributed by atoms with Gasteiger partial charge in [0, 0.05) is 39.0 Å². The van der Waals surface area contributed by atoms with Gasteiger partial charge in [-0.05, 0) is 53.2 Å². The van der Waals surface area contributed by atoms with Crippen LogP contribution in [0, 0.1) is 5.92 Å². The molecule has 2 fully saturated rings. The number of benzene rings is 1. The number of nitrogens with zero attached hydrogens (tertiary/aromatic N) is 4. The SMILES string of the molecule is FC1(F)CCN(CCCOc2ccc3c(nnn3CC3CC3)c2Br)CC1. The number of ether oxygens (including phenoxy) is 1. The monoisotopic (exact) mass is 428 g/mol. The van der Waals surface area contributed by atoms with Gasteiger partial charge < -0.3 is 9.64 Å². The fourth-order valence-corrected chi connectivity index (χ4v) is 3.88. The van der Waals surface area contributed by atoms with Gasteiger partial charge in [-0.1, -0.05) is 5.21 Å². The molecule has 2 heterocycles. The Kier molecular flexibility index (Phi) is 5.14. The number of hydrogen-bond acceptors (Lipinski definition) is 4. The Morgan fingerprint density at radius 1 is 1.23 bits per heavy atom. The lowest BCUT2D eigenvalue weighted by atomic mass is 10.1. The number of likely N-dealkylation sites (tertiary alicyclic amines) is 1. The van der Waals surface area contributed by atoms with Gasteiger partial charge in [-0.3, -0.25) is 0 Å². The molecule has 0 amide bonds. The Labute approximate surface area is 159 Å². The molecule has 1 aliphatic carbocycles. The van der Waals surface area contributed by atoms with E-state index in [1.807, 2.05) is 16.8 Å². The highest BCUT2D eigenvalue weighted by molar-refractivity contribution is 9.10. The second-order valence-electron chi connectivity index (χ2n) is 7.36. The van der Waals surface area contributed by atoms with Crippen LogP contribution < -0.4 is 4.74 Å². The van der Waals surface area contributed by atoms with Crippen LogP contribution in [0.3, 0.4) is 0 Å². The van der Waals surface area contributed by atoms with Crippen LogP contribution in [0.5, 0.6) is 5.75 Å². The topological polar surface area (TPSA) is 43.2 Å². The summed E-state index contributed by atoms with van der Waals surface area (Å²) in [5, 5.41) is 8.54. The molecule has 0 bridgehead atoms. The molecule has 1 saturated carbocycles. The molecule has 0 unspecified atom stereocenters. The minimum atomic E-state index is -2.48. The predicted molar refractivity (Wildman–Crippen MR) is 98.7 cm³/mol. The average Bonchev–Trinajstić information content (AvgIpc) is 3.33. The van der Waals surface area contributed by atoms with E-state index in [9.17, 15) is 8.78 Å². The molecule has 5 nitrogen and oxygen atoms in total. The van der Waals surface area contributed by atoms with E-state index in [0.717, 1.165) is 46.7 Å². The number of hydrogen-bond donors (Lipinski definition) is 0. The lowest BCUT2D eigenvalue weighted by Crippen LogP contribution is -2.40. The van der Waals surface area contributed by atoms with Gasteiger partial charge in [0.15, 0.2) is 0 Å². The van der Waals surface area contributed by atoms with Crippen LogP contribution in [0.25, 0.3) is 11.0 Å². The molecule has 1 aliphatic heterocycles. The van der Waals surface area contributed by atoms with Crippen LogP contribution in [-0.4, -0.2) is 52.1 Å². The van der Waals surface area contributed by atoms with Crippen molar-refractivity contribution in [3.63, 3.8) is 0 Å². The summed E-state index contributed by atoms with van der Waals surface area (Å²) in [6.07, 6.45) is 3.29. The summed E-state index contributed by atoms with van der Waals surface area (Å²) in [5.41, 5.74) is 1.84. The molecule has 2 aliphatic rings. The standard InChI is InChI=1S/C18H23BrF2N4O/c19-16-15(26-11-1-8-24-9-6-18(20,21)7-10-24)5-4-14-17(16)22-23-25(14)12-13-2-3-13/h4-5,13H,1-3,6-12H2. The first-order valence-electron chi connectivity index (χ1n) is 9.26. The largest absolute Gasteiger partial charge is 0.492 e. The van der Waals surface area contributed by atoms with Crippen molar-refractivity contribution in [3.05, 3.63) is 16.6 Å². The molecule has 26 heavy (non-hydrogen) atoms. The van der Waals surface area contributed by atoms with Crippen LogP contribution in [0.1, 0.15) is 32.1 Å². The number of piperidine rings is 1. The Hall–Kier alpha value is -1.28. The van der Waals surface area contributed by atoms with Crippen LogP contribution in [0.2, 0.25) is 0 Å². The minimum absolute atomic E-state index is 0.0351. The highest BCUT2D eigenvalue weighted by Gasteiger charge is 2.33. The van der Waals surface area contributed by atoms with Gasteiger partial charge >= 0.3 is 0 Å². The van der Waals surface area contributed by atoms with Crippen molar-refractivity contribution >= 4 is 27.0 Å². The van der Waals surface area contributed by atoms with Crippen LogP contribution in [0.4, 0.5) is 8.78 Å². The Balaban J connectivity index is 1.29. The number of fused-ring (bicyclic) bond motifs is 1. The fourth-order valence-electron chi connectivity index (χ4n) is 3.35. The average molecular weight is 429 g/mol. The molecular formula is C18H23BrF2N4O. The molecule has 0 atom stereocenters. The summed E-state index contributed by atoms with van der Waals surface area (Å²) >= 11 is 3.58. The summed E-state index contributed by atoms with van der Waals surface area (Å²) in [6.45, 7) is 3.19. The normalized spacial score (nSPS) is 20.6. The summed E-state index contributed by atoms with van der Waals surface area (Å²) in [6, 6.07) is 3.95. The first kappa shape index (κ1) is 18.1. The van der Waals surface area contributed by atoms with E-state index >= 15 is 0 Å². The van der Waals surface area contributed by atoms with Gasteiger partial charge in [-0.2, -0.15) is 0 Å². The third-order valence-corrected chi connectivity index (χ3v) is 5.95. The predicted octanol–water partition coefficient (Wildman–Crippen LogP) is 4.10. The molecule has 1 saturated heterocycles. The lowest BCUT2D eigenvalue weighted by Gasteiger charge is -2.31. The number of aromatic nitrogens is 3. The van der Waals surface area contributed by atoms with Crippen molar-refractivity contribution in [3.8, 4) is 5.75 Å². The van der Waals surface area contributed by atoms with Gasteiger partial charge in [0.25, 0.3) is 5.92 Å². The zero-order valence-corrected chi connectivity index (χ0v) is 16.2. The maximum absolute atomic E-state index is 13.2. The second-order valence-corrected chi connectivity index (χ2v) is 8.15. The van der Waals surface area contributed by atoms with Crippen molar-refractivity contribution in [1.29, 1.82) is 0 Å². The molecule has 8 heteroatoms. The van der Waals surface area contributed by atoms with Crippen molar-refractivity contribution in [2.75, 3.05) is 26.2 Å². The van der Waals surface area contributed by atoms with Gasteiger partial charge in [-0.25, -0.2) is 13.5 Å². The first-order valence-corrected chi connectivity index (χ1v) is 10.1. The molecule has 1 aromatic heterocycles. The van der Waals surface area contributed by atoms with E-state index in [2.05, 4.69) is 31.1 Å². The zero-order valence-electron chi connectivity index (χ0n) is 14.6. The van der Waals surface area contributed by atoms with Crippen molar-refractivity contribution in [2.45, 2.75) is 44.6 Å². The number of halogens is 3. The molecule has 1 aromatic carbocycles. The lowest BCUT2D eigenvalue weighted by molar-refractivity contribution is -0.0554. The third-order valence-electron chi connectivity index (χ3n) is 5.18. The molecule has 0 spiro atoms. The van der Waals surface area contributed by atoms with E-state index in [1.54, 1.807) is 0 Å². The Morgan fingerprint density at radius 3 is 2.73 bits per heavy atom. The Bertz CT molecular complexity index is 768. The molecule has 142 valence electrons. The Morgan fingerprint density at radius 2 is 2.00 bits per heavy atom. The van der Waals surface area contributed by atoms with Gasteiger partial charge in [0.2, 0.25) is 0 Å². The van der Waals surface area contributed by atoms with Crippen molar-refractivity contribution in [2.24, 2.45) is 5.92 Å². The van der Waals surface area contributed by atoms with E-state index in [-0.39, 0.29) is 12.8 Å². The van der Waals surface area contributed by atoms with Crippen molar-refractivity contribution in [1.82, 2.24) is 19.9 Å². The second kappa shape index (κ2) is 7.38. The third kappa shape index (κ3) is 4.17. The summed E-state index contributed by atoms with van der Waals surface area (Å²) in [4.78, 5) is 2.09. The molecular weight excluding hydrogens is 406 g/mol. The highest BCUT2D eigenvalue weighted by Crippen LogP contribution is 2.35. The van der Waals surface area contributed by atoms with Crippen LogP contribution >= 0.6 is 15.9 Å². The van der Waals surface area contributed by atoms with E-state index < -0.39 is 5.92 Å². The van der Waals surface area contributed by atoms with Crippen molar-refractivity contribution < 1.29 is 13.5 Å². The van der Waals surface area contributed by atoms with Gasteiger partial charge in [0.05, 0.1) is 16.6 Å². The molecule has 0 N–H and O–H groups in total. The number of alkyl halides is 2. The van der Waals surface area contributed by atoms with Gasteiger partial charge in [0.1, 0.15) is 11.3 Å². The van der Waals surface area contributed by atoms with E-state index in [4.69, 9.17) is 4.74 Å². The maximum atomic E-state index is 13.2. The maximum Gasteiger partial charge on any atom is 0.250 e. The number of rotatable bonds is 7. The smallest absolute Gasteiger partial charge is 0.250 e. The first-order chi connectivity index (χ1) is 12.5. The fraction of sp³-hybridized carbons (Fsp3) is 0.667. The van der Waals surface area contributed by atoms with E-state index in [1.165, 1.54) is 12.8 Å². The zero-order chi connectivity index (χ0) is 18.1. The summed E-state index contributed by atoms with van der Waals surface area (Å²) < 4.78 is 35.0. The molecule has 4 rings (SSSR count). The summed E-state index contributed by atoms with van der Waals surface area (Å²) in [5.74, 6) is -0.991. The van der Waals surface area contributed by atoms with Gasteiger partial charge in [-0.15, -0.1) is 5.10 Å². The minimum Gasteiger partial charge on any atom is -0.492 e. The quantitative estimate of drug-likeness (QED) is 0.622. The van der Waals surface area contributed by atoms with Crippen LogP contribution in [-0.2, 0) is 6.54 Å². The molecule has 0 radical (unpaired) electrons. The van der Waals surface area contributed by atoms with Crippen LogP contribution in [0.15, 0.2) is 16.6 Å². The summed E-state index contributed by atoms with van der Waals surface area (Å²) in [7, 11) is 0. The van der Waals surface area contributed by atoms with E-state index in [0.29, 0.717) is 19.7 Å². The highest BCUT2D eigenvalue weighted by atomic mass is 79.9.